The minimum atomic E-state index is -2.85. The number of alkyl halides is 2. The summed E-state index contributed by atoms with van der Waals surface area (Å²) < 4.78 is 24.0. The lowest BCUT2D eigenvalue weighted by molar-refractivity contribution is -0.385. The Labute approximate surface area is 95.4 Å². The van der Waals surface area contributed by atoms with Gasteiger partial charge in [-0.3, -0.25) is 10.1 Å². The van der Waals surface area contributed by atoms with Crippen LogP contribution in [0.1, 0.15) is 5.69 Å². The Hall–Kier alpha value is -1.83. The lowest BCUT2D eigenvalue weighted by atomic mass is 10.3. The van der Waals surface area contributed by atoms with Gasteiger partial charge in [0.25, 0.3) is 12.1 Å². The first-order chi connectivity index (χ1) is 7.91. The van der Waals surface area contributed by atoms with E-state index in [2.05, 4.69) is 10.3 Å². The Morgan fingerprint density at radius 2 is 2.24 bits per heavy atom. The summed E-state index contributed by atoms with van der Waals surface area (Å²) in [6.45, 7) is 1.06. The van der Waals surface area contributed by atoms with Gasteiger partial charge in [0.15, 0.2) is 0 Å². The minimum absolute atomic E-state index is 0.148. The number of aliphatic hydroxyl groups excluding tert-OH is 1. The van der Waals surface area contributed by atoms with Crippen LogP contribution in [0.25, 0.3) is 0 Å². The molecular formula is C9H11F2N3O3. The van der Waals surface area contributed by atoms with Crippen molar-refractivity contribution in [2.45, 2.75) is 19.5 Å². The van der Waals surface area contributed by atoms with Crippen molar-refractivity contribution in [2.24, 2.45) is 0 Å². The largest absolute Gasteiger partial charge is 0.385 e. The van der Waals surface area contributed by atoms with Gasteiger partial charge in [-0.25, -0.2) is 13.8 Å². The van der Waals surface area contributed by atoms with Crippen molar-refractivity contribution in [3.63, 3.8) is 0 Å². The van der Waals surface area contributed by atoms with Crippen LogP contribution >= 0.6 is 0 Å². The molecule has 0 radical (unpaired) electrons. The van der Waals surface area contributed by atoms with Gasteiger partial charge in [0.05, 0.1) is 4.92 Å². The maximum atomic E-state index is 12.0. The first-order valence-corrected chi connectivity index (χ1v) is 4.74. The Morgan fingerprint density at radius 1 is 1.59 bits per heavy atom. The fourth-order valence-electron chi connectivity index (χ4n) is 1.14. The predicted octanol–water partition coefficient (Wildman–Crippen LogP) is 1.34. The van der Waals surface area contributed by atoms with Gasteiger partial charge in [-0.2, -0.15) is 0 Å². The van der Waals surface area contributed by atoms with Crippen LogP contribution in [-0.2, 0) is 0 Å². The summed E-state index contributed by atoms with van der Waals surface area (Å²) in [7, 11) is 0. The van der Waals surface area contributed by atoms with E-state index in [0.29, 0.717) is 0 Å². The summed E-state index contributed by atoms with van der Waals surface area (Å²) in [5.74, 6) is 0.202. The van der Waals surface area contributed by atoms with Gasteiger partial charge >= 0.3 is 0 Å². The standard InChI is InChI=1S/C9H11F2N3O3/c1-5-6(14(16)17)2-3-8(13-5)12-4-7(15)9(10)11/h2-3,7,9,15H,4H2,1H3,(H,12,13). The highest BCUT2D eigenvalue weighted by Gasteiger charge is 2.17. The van der Waals surface area contributed by atoms with Crippen LogP contribution in [0, 0.1) is 17.0 Å². The second-order valence-corrected chi connectivity index (χ2v) is 3.34. The van der Waals surface area contributed by atoms with E-state index in [4.69, 9.17) is 5.11 Å². The molecule has 6 nitrogen and oxygen atoms in total. The number of anilines is 1. The fourth-order valence-corrected chi connectivity index (χ4v) is 1.14. The number of nitrogens with one attached hydrogen (secondary N) is 1. The Balaban J connectivity index is 2.68. The molecule has 17 heavy (non-hydrogen) atoms. The molecule has 0 bridgehead atoms. The summed E-state index contributed by atoms with van der Waals surface area (Å²) in [4.78, 5) is 13.7. The summed E-state index contributed by atoms with van der Waals surface area (Å²) >= 11 is 0. The molecule has 94 valence electrons. The third kappa shape index (κ3) is 3.59. The van der Waals surface area contributed by atoms with Crippen molar-refractivity contribution >= 4 is 11.5 Å². The number of halogens is 2. The number of hydrogen-bond acceptors (Lipinski definition) is 5. The van der Waals surface area contributed by atoms with E-state index >= 15 is 0 Å². The molecule has 0 aliphatic rings. The molecule has 1 rings (SSSR count). The van der Waals surface area contributed by atoms with Crippen LogP contribution in [0.5, 0.6) is 0 Å². The molecule has 8 heteroatoms. The van der Waals surface area contributed by atoms with E-state index in [9.17, 15) is 18.9 Å². The van der Waals surface area contributed by atoms with Gasteiger partial charge in [-0.15, -0.1) is 0 Å². The van der Waals surface area contributed by atoms with Gasteiger partial charge in [-0.05, 0) is 13.0 Å². The number of hydrogen-bond donors (Lipinski definition) is 2. The van der Waals surface area contributed by atoms with Crippen molar-refractivity contribution < 1.29 is 18.8 Å². The summed E-state index contributed by atoms with van der Waals surface area (Å²) in [6, 6.07) is 2.52. The van der Waals surface area contributed by atoms with E-state index in [-0.39, 0.29) is 23.7 Å². The van der Waals surface area contributed by atoms with Gasteiger partial charge in [-0.1, -0.05) is 0 Å². The molecule has 1 unspecified atom stereocenters. The molecular weight excluding hydrogens is 236 g/mol. The monoisotopic (exact) mass is 247 g/mol. The molecule has 0 amide bonds. The second kappa shape index (κ2) is 5.48. The van der Waals surface area contributed by atoms with Crippen LogP contribution in [-0.4, -0.2) is 34.1 Å². The van der Waals surface area contributed by atoms with E-state index < -0.39 is 17.5 Å². The molecule has 1 heterocycles. The molecule has 0 aromatic carbocycles. The molecule has 0 saturated heterocycles. The van der Waals surface area contributed by atoms with Crippen LogP contribution in [0.3, 0.4) is 0 Å². The van der Waals surface area contributed by atoms with E-state index in [1.807, 2.05) is 0 Å². The predicted molar refractivity (Wildman–Crippen MR) is 56.1 cm³/mol. The zero-order valence-electron chi connectivity index (χ0n) is 8.93. The first kappa shape index (κ1) is 13.2. The molecule has 1 aromatic heterocycles. The quantitative estimate of drug-likeness (QED) is 0.605. The Bertz CT molecular complexity index is 414. The van der Waals surface area contributed by atoms with Gasteiger partial charge in [0.2, 0.25) is 0 Å². The molecule has 0 aliphatic heterocycles. The average Bonchev–Trinajstić information content (AvgIpc) is 2.25. The number of aromatic nitrogens is 1. The molecule has 1 aromatic rings. The zero-order valence-corrected chi connectivity index (χ0v) is 8.93. The zero-order chi connectivity index (χ0) is 13.0. The minimum Gasteiger partial charge on any atom is -0.385 e. The van der Waals surface area contributed by atoms with E-state index in [1.165, 1.54) is 19.1 Å². The van der Waals surface area contributed by atoms with Crippen LogP contribution < -0.4 is 5.32 Å². The van der Waals surface area contributed by atoms with Crippen molar-refractivity contribution in [1.82, 2.24) is 4.98 Å². The smallest absolute Gasteiger partial charge is 0.290 e. The Morgan fingerprint density at radius 3 is 2.71 bits per heavy atom. The molecule has 0 saturated carbocycles. The first-order valence-electron chi connectivity index (χ1n) is 4.74. The number of pyridine rings is 1. The molecule has 0 fully saturated rings. The van der Waals surface area contributed by atoms with Gasteiger partial charge in [0.1, 0.15) is 17.6 Å². The normalized spacial score (nSPS) is 12.5. The van der Waals surface area contributed by atoms with Gasteiger partial charge < -0.3 is 10.4 Å². The maximum Gasteiger partial charge on any atom is 0.290 e. The highest BCUT2D eigenvalue weighted by molar-refractivity contribution is 5.44. The average molecular weight is 247 g/mol. The number of nitrogens with zero attached hydrogens (tertiary/aromatic N) is 2. The van der Waals surface area contributed by atoms with Crippen molar-refractivity contribution in [2.75, 3.05) is 11.9 Å². The highest BCUT2D eigenvalue weighted by Crippen LogP contribution is 2.17. The summed E-state index contributed by atoms with van der Waals surface area (Å²) in [6.07, 6.45) is -4.64. The SMILES string of the molecule is Cc1nc(NCC(O)C(F)F)ccc1[N+](=O)[O-]. The number of nitro groups is 1. The van der Waals surface area contributed by atoms with Crippen LogP contribution in [0.15, 0.2) is 12.1 Å². The molecule has 2 N–H and O–H groups in total. The number of aliphatic hydroxyl groups is 1. The Kier molecular flexibility index (Phi) is 4.27. The molecule has 0 spiro atoms. The topological polar surface area (TPSA) is 88.3 Å². The van der Waals surface area contributed by atoms with Gasteiger partial charge in [0, 0.05) is 12.6 Å². The fraction of sp³-hybridized carbons (Fsp3) is 0.444. The van der Waals surface area contributed by atoms with Crippen molar-refractivity contribution in [3.8, 4) is 0 Å². The van der Waals surface area contributed by atoms with Crippen LogP contribution in [0.2, 0.25) is 0 Å². The third-order valence-electron chi connectivity index (χ3n) is 2.04. The van der Waals surface area contributed by atoms with E-state index in [0.717, 1.165) is 0 Å². The maximum absolute atomic E-state index is 12.0. The molecule has 1 atom stereocenters. The third-order valence-corrected chi connectivity index (χ3v) is 2.04. The number of rotatable bonds is 5. The summed E-state index contributed by atoms with van der Waals surface area (Å²) in [5, 5.41) is 21.8. The van der Waals surface area contributed by atoms with Crippen molar-refractivity contribution in [1.29, 1.82) is 0 Å². The van der Waals surface area contributed by atoms with E-state index in [1.54, 1.807) is 0 Å². The lowest BCUT2D eigenvalue weighted by Crippen LogP contribution is -2.27. The number of aryl methyl sites for hydroxylation is 1. The van der Waals surface area contributed by atoms with Crippen LogP contribution in [0.4, 0.5) is 20.3 Å². The van der Waals surface area contributed by atoms with Crippen molar-refractivity contribution in [3.05, 3.63) is 27.9 Å². The lowest BCUT2D eigenvalue weighted by Gasteiger charge is -2.11. The molecule has 0 aliphatic carbocycles. The summed E-state index contributed by atoms with van der Waals surface area (Å²) in [5.41, 5.74) is 0.0245. The second-order valence-electron chi connectivity index (χ2n) is 3.34. The highest BCUT2D eigenvalue weighted by atomic mass is 19.3.